The molecule has 4 aromatic carbocycles. The largest absolute Gasteiger partial charge is 4.00 e. The Morgan fingerprint density at radius 3 is 1.46 bits per heavy atom. The van der Waals surface area contributed by atoms with Gasteiger partial charge in [-0.3, -0.25) is 0 Å². The van der Waals surface area contributed by atoms with E-state index in [9.17, 15) is 0 Å². The van der Waals surface area contributed by atoms with Crippen LogP contribution in [0.4, 0.5) is 11.4 Å². The topological polar surface area (TPSA) is 6.48 Å². The first-order valence-corrected chi connectivity index (χ1v) is 15.4. The van der Waals surface area contributed by atoms with Gasteiger partial charge in [-0.25, -0.2) is 0 Å². The monoisotopic (exact) mass is 715 g/mol. The number of para-hydroxylation sites is 2. The van der Waals surface area contributed by atoms with Gasteiger partial charge in [-0.1, -0.05) is 60.4 Å². The van der Waals surface area contributed by atoms with Crippen molar-refractivity contribution >= 4 is 11.4 Å². The summed E-state index contributed by atoms with van der Waals surface area (Å²) in [4.78, 5) is 4.96. The standard InChI is InChI=1S/C38H36N2.Pt/c1-39-21-29-17-28(20-33-23-11-13-25(15-23)37(29)33)32-8-4-6-10-36(32)40(2)22-30-18-27(31-7-3-5-9-35(31)39)19-34-24-12-14-26(16-24)38(30)34;/h3-10,19-20,23-26H,11-16,21-22H2,1-2H3;/q-2;+4. The van der Waals surface area contributed by atoms with E-state index in [0.717, 1.165) is 24.9 Å². The normalized spacial score (nSPS) is 24.7. The summed E-state index contributed by atoms with van der Waals surface area (Å²) in [6.07, 6.45) is 8.03. The van der Waals surface area contributed by atoms with Gasteiger partial charge in [-0.05, 0) is 61.5 Å². The van der Waals surface area contributed by atoms with E-state index in [4.69, 9.17) is 0 Å². The average molecular weight is 716 g/mol. The maximum atomic E-state index is 4.02. The molecule has 9 rings (SSSR count). The molecule has 2 nitrogen and oxygen atoms in total. The summed E-state index contributed by atoms with van der Waals surface area (Å²) in [6, 6.07) is 31.1. The molecule has 3 heteroatoms. The summed E-state index contributed by atoms with van der Waals surface area (Å²) in [7, 11) is 4.56. The first-order valence-electron chi connectivity index (χ1n) is 15.4. The van der Waals surface area contributed by atoms with Crippen molar-refractivity contribution in [2.75, 3.05) is 23.9 Å². The van der Waals surface area contributed by atoms with E-state index in [2.05, 4.69) is 96.7 Å². The van der Waals surface area contributed by atoms with Crippen molar-refractivity contribution < 1.29 is 21.1 Å². The van der Waals surface area contributed by atoms with Gasteiger partial charge in [0.15, 0.2) is 0 Å². The Morgan fingerprint density at radius 2 is 1.00 bits per heavy atom. The molecule has 8 bridgehead atoms. The van der Waals surface area contributed by atoms with E-state index in [-0.39, 0.29) is 21.1 Å². The minimum Gasteiger partial charge on any atom is -0.379 e. The molecule has 0 saturated heterocycles. The Bertz CT molecular complexity index is 1560. The third-order valence-electron chi connectivity index (χ3n) is 11.0. The Kier molecular flexibility index (Phi) is 6.05. The molecule has 4 aromatic rings. The number of anilines is 2. The minimum absolute atomic E-state index is 0. The fourth-order valence-electron chi connectivity index (χ4n) is 9.29. The van der Waals surface area contributed by atoms with Crippen LogP contribution in [-0.4, -0.2) is 14.1 Å². The van der Waals surface area contributed by atoms with Crippen LogP contribution in [-0.2, 0) is 34.2 Å². The van der Waals surface area contributed by atoms with Crippen molar-refractivity contribution in [3.05, 3.63) is 106 Å². The molecule has 4 unspecified atom stereocenters. The van der Waals surface area contributed by atoms with Crippen molar-refractivity contribution in [3.8, 4) is 22.3 Å². The maximum Gasteiger partial charge on any atom is 4.00 e. The van der Waals surface area contributed by atoms with Crippen molar-refractivity contribution in [2.24, 2.45) is 0 Å². The molecule has 5 aliphatic rings. The summed E-state index contributed by atoms with van der Waals surface area (Å²) in [5, 5.41) is 0. The SMILES string of the molecule is CN1Cc2[c-]c(cc3c2C2CCC3C2)-c2ccccc2N(C)Cc2[c-]c(cc3c2C2CCC3C2)-c2ccccc21.[Pt+4]. The van der Waals surface area contributed by atoms with Crippen LogP contribution in [0.1, 0.15) is 95.6 Å². The summed E-state index contributed by atoms with van der Waals surface area (Å²) in [5.41, 5.74) is 17.0. The van der Waals surface area contributed by atoms with Gasteiger partial charge in [0.1, 0.15) is 0 Å². The van der Waals surface area contributed by atoms with Crippen LogP contribution in [0.2, 0.25) is 0 Å². The van der Waals surface area contributed by atoms with Crippen LogP contribution in [0.25, 0.3) is 22.3 Å². The van der Waals surface area contributed by atoms with Gasteiger partial charge in [-0.15, -0.1) is 68.8 Å². The van der Waals surface area contributed by atoms with Crippen molar-refractivity contribution in [2.45, 2.75) is 75.3 Å². The predicted molar refractivity (Wildman–Crippen MR) is 164 cm³/mol. The summed E-state index contributed by atoms with van der Waals surface area (Å²) in [5.74, 6) is 2.87. The Balaban J connectivity index is 0.00000256. The molecule has 2 fully saturated rings. The number of nitrogens with zero attached hydrogens (tertiary/aromatic N) is 2. The van der Waals surface area contributed by atoms with Crippen molar-refractivity contribution in [1.29, 1.82) is 0 Å². The Hall–Kier alpha value is -2.83. The fourth-order valence-corrected chi connectivity index (χ4v) is 9.29. The second-order valence-electron chi connectivity index (χ2n) is 13.2. The van der Waals surface area contributed by atoms with Crippen LogP contribution >= 0.6 is 0 Å². The number of hydrogen-bond acceptors (Lipinski definition) is 2. The van der Waals surface area contributed by atoms with Gasteiger partial charge in [0.05, 0.1) is 0 Å². The molecule has 1 heterocycles. The molecule has 4 atom stereocenters. The third kappa shape index (κ3) is 3.86. The molecule has 0 N–H and O–H groups in total. The van der Waals surface area contributed by atoms with Gasteiger partial charge in [0.25, 0.3) is 0 Å². The predicted octanol–water partition coefficient (Wildman–Crippen LogP) is 8.93. The quantitative estimate of drug-likeness (QED) is 0.168. The van der Waals surface area contributed by atoms with Crippen LogP contribution in [0.5, 0.6) is 0 Å². The fraction of sp³-hybridized carbons (Fsp3) is 0.368. The minimum atomic E-state index is 0. The van der Waals surface area contributed by atoms with Crippen molar-refractivity contribution in [1.82, 2.24) is 0 Å². The molecular formula is C38H36N2Pt+2. The molecule has 0 spiro atoms. The zero-order valence-corrected chi connectivity index (χ0v) is 26.2. The summed E-state index contributed by atoms with van der Waals surface area (Å²) < 4.78 is 0. The number of hydrogen-bond donors (Lipinski definition) is 0. The molecule has 1 aliphatic heterocycles. The van der Waals surface area contributed by atoms with E-state index in [1.54, 1.807) is 22.3 Å². The maximum absolute atomic E-state index is 4.02. The average Bonchev–Trinajstić information content (AvgIpc) is 3.79. The second kappa shape index (κ2) is 9.60. The molecule has 4 aliphatic carbocycles. The van der Waals surface area contributed by atoms with Crippen LogP contribution in [0.3, 0.4) is 0 Å². The molecule has 0 radical (unpaired) electrons. The van der Waals surface area contributed by atoms with Crippen LogP contribution in [0, 0.1) is 12.1 Å². The summed E-state index contributed by atoms with van der Waals surface area (Å²) in [6.45, 7) is 1.77. The van der Waals surface area contributed by atoms with E-state index < -0.39 is 0 Å². The number of fused-ring (bicyclic) bond motifs is 20. The Labute approximate surface area is 259 Å². The van der Waals surface area contributed by atoms with Gasteiger partial charge in [-0.2, -0.15) is 0 Å². The van der Waals surface area contributed by atoms with E-state index >= 15 is 0 Å². The molecule has 2 saturated carbocycles. The van der Waals surface area contributed by atoms with Gasteiger partial charge in [0.2, 0.25) is 0 Å². The Morgan fingerprint density at radius 1 is 0.585 bits per heavy atom. The number of benzene rings is 4. The van der Waals surface area contributed by atoms with Gasteiger partial charge >= 0.3 is 21.1 Å². The zero-order valence-electron chi connectivity index (χ0n) is 24.0. The van der Waals surface area contributed by atoms with E-state index in [1.165, 1.54) is 83.3 Å². The molecular weight excluding hydrogens is 680 g/mol. The zero-order chi connectivity index (χ0) is 26.5. The summed E-state index contributed by atoms with van der Waals surface area (Å²) >= 11 is 0. The molecule has 41 heavy (non-hydrogen) atoms. The van der Waals surface area contributed by atoms with Gasteiger partial charge < -0.3 is 9.80 Å². The molecule has 0 amide bonds. The van der Waals surface area contributed by atoms with Crippen LogP contribution < -0.4 is 9.80 Å². The van der Waals surface area contributed by atoms with Crippen LogP contribution in [0.15, 0.2) is 60.7 Å². The first kappa shape index (κ1) is 25.8. The number of rotatable bonds is 0. The van der Waals surface area contributed by atoms with E-state index in [0.29, 0.717) is 11.8 Å². The van der Waals surface area contributed by atoms with Crippen molar-refractivity contribution in [3.63, 3.8) is 0 Å². The first-order chi connectivity index (χ1) is 19.6. The molecule has 0 aromatic heterocycles. The van der Waals surface area contributed by atoms with E-state index in [1.807, 2.05) is 0 Å². The second-order valence-corrected chi connectivity index (χ2v) is 13.2. The smallest absolute Gasteiger partial charge is 0.379 e. The molecule has 206 valence electrons. The third-order valence-corrected chi connectivity index (χ3v) is 11.0. The van der Waals surface area contributed by atoms with Gasteiger partial charge in [0, 0.05) is 38.6 Å².